The van der Waals surface area contributed by atoms with Crippen LogP contribution in [0.15, 0.2) is 42.5 Å². The standard InChI is InChI=1S/C14H10Cl2INO/c15-8-9-1-4-11(5-2-9)18-14(19)10-3-6-13(17)12(16)7-10/h1-7H,8H2,(H,18,19). The molecule has 0 saturated carbocycles. The molecule has 0 bridgehead atoms. The molecule has 0 heterocycles. The minimum atomic E-state index is -0.183. The number of amides is 1. The largest absolute Gasteiger partial charge is 0.322 e. The van der Waals surface area contributed by atoms with Crippen LogP contribution in [0.2, 0.25) is 5.02 Å². The molecule has 1 amide bonds. The van der Waals surface area contributed by atoms with Gasteiger partial charge in [0.15, 0.2) is 0 Å². The van der Waals surface area contributed by atoms with Gasteiger partial charge in [0.25, 0.3) is 5.91 Å². The summed E-state index contributed by atoms with van der Waals surface area (Å²) in [5.41, 5.74) is 2.28. The summed E-state index contributed by atoms with van der Waals surface area (Å²) in [5.74, 6) is 0.276. The Labute approximate surface area is 135 Å². The predicted molar refractivity (Wildman–Crippen MR) is 88.1 cm³/mol. The number of halogens is 3. The van der Waals surface area contributed by atoms with Crippen molar-refractivity contribution in [3.8, 4) is 0 Å². The Kier molecular flexibility index (Phi) is 5.07. The third-order valence-electron chi connectivity index (χ3n) is 2.55. The maximum atomic E-state index is 12.0. The summed E-state index contributed by atoms with van der Waals surface area (Å²) >= 11 is 13.8. The van der Waals surface area contributed by atoms with Crippen LogP contribution in [-0.4, -0.2) is 5.91 Å². The lowest BCUT2D eigenvalue weighted by Crippen LogP contribution is -2.11. The van der Waals surface area contributed by atoms with Crippen molar-refractivity contribution in [1.82, 2.24) is 0 Å². The fourth-order valence-electron chi connectivity index (χ4n) is 1.52. The van der Waals surface area contributed by atoms with Crippen molar-refractivity contribution in [3.05, 3.63) is 62.2 Å². The first-order chi connectivity index (χ1) is 9.10. The molecule has 5 heteroatoms. The van der Waals surface area contributed by atoms with Crippen molar-refractivity contribution in [3.63, 3.8) is 0 Å². The molecule has 0 aliphatic heterocycles. The highest BCUT2D eigenvalue weighted by Gasteiger charge is 2.08. The van der Waals surface area contributed by atoms with E-state index in [2.05, 4.69) is 27.9 Å². The monoisotopic (exact) mass is 405 g/mol. The van der Waals surface area contributed by atoms with E-state index < -0.39 is 0 Å². The van der Waals surface area contributed by atoms with E-state index in [4.69, 9.17) is 23.2 Å². The highest BCUT2D eigenvalue weighted by atomic mass is 127. The molecule has 0 saturated heterocycles. The maximum Gasteiger partial charge on any atom is 0.255 e. The van der Waals surface area contributed by atoms with Crippen LogP contribution in [0.5, 0.6) is 0 Å². The summed E-state index contributed by atoms with van der Waals surface area (Å²) in [4.78, 5) is 12.0. The van der Waals surface area contributed by atoms with Gasteiger partial charge in [-0.25, -0.2) is 0 Å². The van der Waals surface area contributed by atoms with E-state index in [-0.39, 0.29) is 5.91 Å². The minimum Gasteiger partial charge on any atom is -0.322 e. The van der Waals surface area contributed by atoms with Gasteiger partial charge in [0.05, 0.1) is 5.02 Å². The van der Waals surface area contributed by atoms with Crippen LogP contribution in [0.3, 0.4) is 0 Å². The van der Waals surface area contributed by atoms with E-state index in [1.807, 2.05) is 30.3 Å². The van der Waals surface area contributed by atoms with E-state index in [0.717, 1.165) is 14.8 Å². The molecule has 2 aromatic rings. The van der Waals surface area contributed by atoms with Gasteiger partial charge in [-0.1, -0.05) is 23.7 Å². The van der Waals surface area contributed by atoms with E-state index in [1.165, 1.54) is 0 Å². The van der Waals surface area contributed by atoms with Crippen LogP contribution in [0.25, 0.3) is 0 Å². The minimum absolute atomic E-state index is 0.183. The Morgan fingerprint density at radius 2 is 1.84 bits per heavy atom. The number of carbonyl (C=O) groups is 1. The molecule has 0 aliphatic carbocycles. The number of anilines is 1. The van der Waals surface area contributed by atoms with Crippen molar-refractivity contribution in [1.29, 1.82) is 0 Å². The van der Waals surface area contributed by atoms with Crippen LogP contribution in [-0.2, 0) is 5.88 Å². The summed E-state index contributed by atoms with van der Waals surface area (Å²) in [5, 5.41) is 3.39. The Morgan fingerprint density at radius 3 is 2.42 bits per heavy atom. The molecular formula is C14H10Cl2INO. The second-order valence-electron chi connectivity index (χ2n) is 3.91. The highest BCUT2D eigenvalue weighted by Crippen LogP contribution is 2.20. The molecule has 0 spiro atoms. The number of benzene rings is 2. The third-order valence-corrected chi connectivity index (χ3v) is 4.43. The zero-order valence-electron chi connectivity index (χ0n) is 9.79. The summed E-state index contributed by atoms with van der Waals surface area (Å²) in [6, 6.07) is 12.6. The van der Waals surface area contributed by atoms with Gasteiger partial charge < -0.3 is 5.32 Å². The molecule has 0 atom stereocenters. The summed E-state index contributed by atoms with van der Waals surface area (Å²) in [7, 11) is 0. The van der Waals surface area contributed by atoms with Crippen molar-refractivity contribution >= 4 is 57.4 Å². The molecule has 1 N–H and O–H groups in total. The number of alkyl halides is 1. The molecule has 19 heavy (non-hydrogen) atoms. The van der Waals surface area contributed by atoms with Crippen molar-refractivity contribution in [2.45, 2.75) is 5.88 Å². The van der Waals surface area contributed by atoms with Crippen LogP contribution in [0.4, 0.5) is 5.69 Å². The molecular weight excluding hydrogens is 396 g/mol. The van der Waals surface area contributed by atoms with Gasteiger partial charge in [-0.3, -0.25) is 4.79 Å². The van der Waals surface area contributed by atoms with Gasteiger partial charge >= 0.3 is 0 Å². The molecule has 2 rings (SSSR count). The zero-order valence-corrected chi connectivity index (χ0v) is 13.5. The quantitative estimate of drug-likeness (QED) is 0.568. The van der Waals surface area contributed by atoms with E-state index in [0.29, 0.717) is 16.5 Å². The molecule has 2 aromatic carbocycles. The van der Waals surface area contributed by atoms with E-state index in [1.54, 1.807) is 12.1 Å². The molecule has 0 aliphatic rings. The Bertz CT molecular complexity index is 599. The average molecular weight is 406 g/mol. The summed E-state index contributed by atoms with van der Waals surface area (Å²) in [6.07, 6.45) is 0. The fraction of sp³-hybridized carbons (Fsp3) is 0.0714. The summed E-state index contributed by atoms with van der Waals surface area (Å²) < 4.78 is 0.919. The molecule has 0 unspecified atom stereocenters. The van der Waals surface area contributed by atoms with Gasteiger partial charge in [-0.2, -0.15) is 0 Å². The van der Waals surface area contributed by atoms with Gasteiger partial charge in [0, 0.05) is 20.7 Å². The predicted octanol–water partition coefficient (Wildman–Crippen LogP) is 4.94. The maximum absolute atomic E-state index is 12.0. The van der Waals surface area contributed by atoms with E-state index in [9.17, 15) is 4.79 Å². The first-order valence-corrected chi connectivity index (χ1v) is 7.50. The number of rotatable bonds is 3. The Hall–Kier alpha value is -0.780. The third kappa shape index (κ3) is 3.84. The second kappa shape index (κ2) is 6.59. The molecule has 2 nitrogen and oxygen atoms in total. The van der Waals surface area contributed by atoms with Crippen molar-refractivity contribution in [2.24, 2.45) is 0 Å². The number of hydrogen-bond donors (Lipinski definition) is 1. The van der Waals surface area contributed by atoms with Crippen molar-refractivity contribution < 1.29 is 4.79 Å². The molecule has 0 fully saturated rings. The van der Waals surface area contributed by atoms with Crippen molar-refractivity contribution in [2.75, 3.05) is 5.32 Å². The average Bonchev–Trinajstić information content (AvgIpc) is 2.42. The zero-order chi connectivity index (χ0) is 13.8. The Morgan fingerprint density at radius 1 is 1.16 bits per heavy atom. The lowest BCUT2D eigenvalue weighted by atomic mass is 10.2. The second-order valence-corrected chi connectivity index (χ2v) is 5.75. The first-order valence-electron chi connectivity index (χ1n) is 5.51. The van der Waals surface area contributed by atoms with E-state index >= 15 is 0 Å². The fourth-order valence-corrected chi connectivity index (χ4v) is 2.21. The van der Waals surface area contributed by atoms with Gasteiger partial charge in [-0.05, 0) is 58.5 Å². The smallest absolute Gasteiger partial charge is 0.255 e. The molecule has 98 valence electrons. The van der Waals surface area contributed by atoms with Crippen LogP contribution < -0.4 is 5.32 Å². The van der Waals surface area contributed by atoms with Gasteiger partial charge in [0.1, 0.15) is 0 Å². The number of hydrogen-bond acceptors (Lipinski definition) is 1. The van der Waals surface area contributed by atoms with Crippen LogP contribution in [0, 0.1) is 3.57 Å². The number of nitrogens with one attached hydrogen (secondary N) is 1. The highest BCUT2D eigenvalue weighted by molar-refractivity contribution is 14.1. The first kappa shape index (κ1) is 14.6. The molecule has 0 radical (unpaired) electrons. The summed E-state index contributed by atoms with van der Waals surface area (Å²) in [6.45, 7) is 0. The lowest BCUT2D eigenvalue weighted by Gasteiger charge is -2.06. The van der Waals surface area contributed by atoms with Crippen LogP contribution >= 0.6 is 45.8 Å². The van der Waals surface area contributed by atoms with Gasteiger partial charge in [0.2, 0.25) is 0 Å². The molecule has 0 aromatic heterocycles. The normalized spacial score (nSPS) is 10.3. The van der Waals surface area contributed by atoms with Gasteiger partial charge in [-0.15, -0.1) is 11.6 Å². The number of carbonyl (C=O) groups excluding carboxylic acids is 1. The van der Waals surface area contributed by atoms with Crippen LogP contribution in [0.1, 0.15) is 15.9 Å². The lowest BCUT2D eigenvalue weighted by molar-refractivity contribution is 0.102. The topological polar surface area (TPSA) is 29.1 Å². The SMILES string of the molecule is O=C(Nc1ccc(CCl)cc1)c1ccc(I)c(Cl)c1. The Balaban J connectivity index is 2.13.